The van der Waals surface area contributed by atoms with Crippen LogP contribution < -0.4 is 5.32 Å². The third-order valence-corrected chi connectivity index (χ3v) is 7.19. The van der Waals surface area contributed by atoms with Crippen molar-refractivity contribution in [3.63, 3.8) is 0 Å². The Balaban J connectivity index is 3.79. The van der Waals surface area contributed by atoms with Crippen molar-refractivity contribution >= 4 is 0 Å². The van der Waals surface area contributed by atoms with Gasteiger partial charge in [0.25, 0.3) is 0 Å². The van der Waals surface area contributed by atoms with Crippen LogP contribution >= 0.6 is 0 Å². The van der Waals surface area contributed by atoms with Gasteiger partial charge < -0.3 is 10.2 Å². The van der Waals surface area contributed by atoms with Gasteiger partial charge in [0.1, 0.15) is 0 Å². The highest BCUT2D eigenvalue weighted by Crippen LogP contribution is 2.13. The number of hydrogen-bond donors (Lipinski definition) is 1. The Bertz CT molecular complexity index is 307. The van der Waals surface area contributed by atoms with Crippen LogP contribution in [0.15, 0.2) is 0 Å². The zero-order valence-electron chi connectivity index (χ0n) is 23.7. The van der Waals surface area contributed by atoms with Gasteiger partial charge in [-0.05, 0) is 58.4 Å². The van der Waals surface area contributed by atoms with Crippen LogP contribution in [0.4, 0.5) is 0 Å². The summed E-state index contributed by atoms with van der Waals surface area (Å²) in [7, 11) is 0. The molecule has 1 N–H and O–H groups in total. The smallest absolute Gasteiger partial charge is 0.000664 e. The molecule has 0 aliphatic rings. The normalized spacial score (nSPS) is 11.6. The zero-order valence-corrected chi connectivity index (χ0v) is 23.7. The number of hydrogen-bond acceptors (Lipinski definition) is 2. The number of rotatable bonds is 29. The van der Waals surface area contributed by atoms with E-state index in [0.29, 0.717) is 0 Å². The maximum atomic E-state index is 3.63. The summed E-state index contributed by atoms with van der Waals surface area (Å²) in [5, 5.41) is 3.63. The second-order valence-electron chi connectivity index (χ2n) is 10.7. The van der Waals surface area contributed by atoms with E-state index in [1.165, 1.54) is 180 Å². The van der Waals surface area contributed by atoms with Crippen LogP contribution in [0.3, 0.4) is 0 Å². The lowest BCUT2D eigenvalue weighted by molar-refractivity contribution is 0.256. The lowest BCUT2D eigenvalue weighted by Gasteiger charge is -2.22. The molecule has 2 heteroatoms. The van der Waals surface area contributed by atoms with E-state index in [0.717, 1.165) is 0 Å². The van der Waals surface area contributed by atoms with E-state index in [9.17, 15) is 0 Å². The molecule has 0 aliphatic heterocycles. The molecule has 0 aromatic carbocycles. The largest absolute Gasteiger partial charge is 0.317 e. The fourth-order valence-electron chi connectivity index (χ4n) is 4.84. The van der Waals surface area contributed by atoms with E-state index in [-0.39, 0.29) is 0 Å². The Morgan fingerprint density at radius 3 is 1.03 bits per heavy atom. The van der Waals surface area contributed by atoms with Gasteiger partial charge in [-0.25, -0.2) is 0 Å². The van der Waals surface area contributed by atoms with Crippen LogP contribution in [0, 0.1) is 0 Å². The first-order valence-corrected chi connectivity index (χ1v) is 15.8. The first-order valence-electron chi connectivity index (χ1n) is 15.8. The molecule has 0 fully saturated rings. The lowest BCUT2D eigenvalue weighted by Crippen LogP contribution is -2.30. The molecule has 0 rings (SSSR count). The first-order chi connectivity index (χ1) is 16.3. The van der Waals surface area contributed by atoms with Gasteiger partial charge in [-0.1, -0.05) is 143 Å². The van der Waals surface area contributed by atoms with Gasteiger partial charge >= 0.3 is 0 Å². The number of nitrogens with one attached hydrogen (secondary N) is 1. The molecule has 0 atom stereocenters. The summed E-state index contributed by atoms with van der Waals surface area (Å²) in [6.07, 6.45) is 32.8. The average Bonchev–Trinajstić information content (AvgIpc) is 2.83. The van der Waals surface area contributed by atoms with Gasteiger partial charge in [-0.2, -0.15) is 0 Å². The fraction of sp³-hybridized carbons (Fsp3) is 1.00. The Morgan fingerprint density at radius 2 is 0.636 bits per heavy atom. The minimum absolute atomic E-state index is 1.20. The Morgan fingerprint density at radius 1 is 0.333 bits per heavy atom. The maximum absolute atomic E-state index is 3.63. The average molecular weight is 467 g/mol. The molecule has 2 nitrogen and oxygen atoms in total. The molecule has 0 amide bonds. The number of nitrogens with zero attached hydrogens (tertiary/aromatic N) is 1. The summed E-state index contributed by atoms with van der Waals surface area (Å²) in [4.78, 5) is 2.79. The van der Waals surface area contributed by atoms with Gasteiger partial charge in [-0.3, -0.25) is 0 Å². The molecular formula is C31H66N2. The lowest BCUT2D eigenvalue weighted by atomic mass is 10.1. The van der Waals surface area contributed by atoms with E-state index in [4.69, 9.17) is 0 Å². The molecule has 0 heterocycles. The summed E-state index contributed by atoms with van der Waals surface area (Å²) >= 11 is 0. The van der Waals surface area contributed by atoms with Crippen molar-refractivity contribution in [3.8, 4) is 0 Å². The van der Waals surface area contributed by atoms with E-state index < -0.39 is 0 Å². The molecule has 0 aromatic heterocycles. The molecule has 0 spiro atoms. The van der Waals surface area contributed by atoms with Gasteiger partial charge in [-0.15, -0.1) is 0 Å². The minimum Gasteiger partial charge on any atom is -0.317 e. The predicted molar refractivity (Wildman–Crippen MR) is 153 cm³/mol. The monoisotopic (exact) mass is 467 g/mol. The van der Waals surface area contributed by atoms with Crippen LogP contribution in [0.5, 0.6) is 0 Å². The van der Waals surface area contributed by atoms with E-state index in [1.54, 1.807) is 0 Å². The SMILES string of the molecule is CCCCCCCCCCCCN(CCCCCCCCCCCC)CCCNCCCC. The molecule has 0 aromatic rings. The standard InChI is InChI=1S/C31H66N2/c1-4-7-10-12-14-16-18-20-22-24-29-33(31-26-28-32-27-9-6-3)30-25-23-21-19-17-15-13-11-8-5-2/h32H,4-31H2,1-3H3. The van der Waals surface area contributed by atoms with Crippen molar-refractivity contribution in [3.05, 3.63) is 0 Å². The molecule has 0 unspecified atom stereocenters. The Hall–Kier alpha value is -0.0800. The van der Waals surface area contributed by atoms with Gasteiger partial charge in [0, 0.05) is 0 Å². The van der Waals surface area contributed by atoms with Crippen LogP contribution in [0.2, 0.25) is 0 Å². The third kappa shape index (κ3) is 28.0. The maximum Gasteiger partial charge on any atom is -0.000664 e. The molecule has 0 bridgehead atoms. The predicted octanol–water partition coefficient (Wildman–Crippen LogP) is 9.91. The number of unbranched alkanes of at least 4 members (excludes halogenated alkanes) is 19. The molecule has 0 saturated carbocycles. The van der Waals surface area contributed by atoms with Crippen molar-refractivity contribution in [1.82, 2.24) is 10.2 Å². The van der Waals surface area contributed by atoms with Crippen molar-refractivity contribution < 1.29 is 0 Å². The highest BCUT2D eigenvalue weighted by atomic mass is 15.1. The topological polar surface area (TPSA) is 15.3 Å². The molecule has 33 heavy (non-hydrogen) atoms. The van der Waals surface area contributed by atoms with Gasteiger partial charge in [0.05, 0.1) is 0 Å². The van der Waals surface area contributed by atoms with Crippen molar-refractivity contribution in [1.29, 1.82) is 0 Å². The van der Waals surface area contributed by atoms with Crippen LogP contribution in [0.25, 0.3) is 0 Å². The second-order valence-corrected chi connectivity index (χ2v) is 10.7. The summed E-state index contributed by atoms with van der Waals surface area (Å²) in [6, 6.07) is 0. The molecule has 200 valence electrons. The first kappa shape index (κ1) is 32.9. The summed E-state index contributed by atoms with van der Waals surface area (Å²) in [5.41, 5.74) is 0. The molecule has 0 aliphatic carbocycles. The minimum atomic E-state index is 1.20. The van der Waals surface area contributed by atoms with Crippen molar-refractivity contribution in [2.75, 3.05) is 32.7 Å². The van der Waals surface area contributed by atoms with E-state index in [1.807, 2.05) is 0 Å². The quantitative estimate of drug-likeness (QED) is 0.110. The fourth-order valence-corrected chi connectivity index (χ4v) is 4.84. The molecular weight excluding hydrogens is 400 g/mol. The Labute approximate surface area is 211 Å². The molecule has 0 radical (unpaired) electrons. The zero-order chi connectivity index (χ0) is 24.1. The Kier molecular flexibility index (Phi) is 29.9. The van der Waals surface area contributed by atoms with Crippen molar-refractivity contribution in [2.24, 2.45) is 0 Å². The van der Waals surface area contributed by atoms with Crippen LogP contribution in [-0.4, -0.2) is 37.6 Å². The third-order valence-electron chi connectivity index (χ3n) is 7.19. The van der Waals surface area contributed by atoms with Crippen LogP contribution in [0.1, 0.15) is 168 Å². The summed E-state index contributed by atoms with van der Waals surface area (Å²) in [5.74, 6) is 0. The van der Waals surface area contributed by atoms with Gasteiger partial charge in [0.2, 0.25) is 0 Å². The molecule has 0 saturated heterocycles. The van der Waals surface area contributed by atoms with E-state index >= 15 is 0 Å². The summed E-state index contributed by atoms with van der Waals surface area (Å²) in [6.45, 7) is 13.3. The summed E-state index contributed by atoms with van der Waals surface area (Å²) < 4.78 is 0. The van der Waals surface area contributed by atoms with E-state index in [2.05, 4.69) is 31.0 Å². The van der Waals surface area contributed by atoms with Crippen LogP contribution in [-0.2, 0) is 0 Å². The highest BCUT2D eigenvalue weighted by Gasteiger charge is 2.05. The second kappa shape index (κ2) is 30.0. The van der Waals surface area contributed by atoms with Gasteiger partial charge in [0.15, 0.2) is 0 Å². The van der Waals surface area contributed by atoms with Crippen molar-refractivity contribution in [2.45, 2.75) is 168 Å². The highest BCUT2D eigenvalue weighted by molar-refractivity contribution is 4.61.